The number of aliphatic imine (C=N–C) groups is 1. The number of thioether (sulfide) groups is 1. The smallest absolute Gasteiger partial charge is 0.186 e. The van der Waals surface area contributed by atoms with Crippen LogP contribution in [0.25, 0.3) is 0 Å². The van der Waals surface area contributed by atoms with E-state index in [4.69, 9.17) is 5.26 Å². The van der Waals surface area contributed by atoms with E-state index in [9.17, 15) is 0 Å². The Morgan fingerprint density at radius 2 is 2.27 bits per heavy atom. The highest BCUT2D eigenvalue weighted by atomic mass is 32.2. The van der Waals surface area contributed by atoms with E-state index in [1.165, 1.54) is 11.8 Å². The average Bonchev–Trinajstić information content (AvgIpc) is 2.51. The van der Waals surface area contributed by atoms with Crippen molar-refractivity contribution in [2.24, 2.45) is 12.0 Å². The molecule has 0 saturated carbocycles. The van der Waals surface area contributed by atoms with Crippen molar-refractivity contribution in [1.29, 1.82) is 5.26 Å². The molecule has 6 heteroatoms. The lowest BCUT2D eigenvalue weighted by atomic mass is 10.5. The molecule has 1 heterocycles. The Kier molecular flexibility index (Phi) is 3.74. The van der Waals surface area contributed by atoms with E-state index in [-0.39, 0.29) is 0 Å². The lowest BCUT2D eigenvalue weighted by Gasteiger charge is -2.03. The Hall–Kier alpha value is -1.48. The zero-order valence-electron chi connectivity index (χ0n) is 9.22. The molecule has 0 bridgehead atoms. The third-order valence-electron chi connectivity index (χ3n) is 1.72. The van der Waals surface area contributed by atoms with Crippen molar-refractivity contribution in [3.8, 4) is 6.07 Å². The molecule has 0 radical (unpaired) electrons. The number of hydrogen-bond acceptors (Lipinski definition) is 4. The monoisotopic (exact) mass is 223 g/mol. The van der Waals surface area contributed by atoms with Crippen molar-refractivity contribution in [3.63, 3.8) is 0 Å². The van der Waals surface area contributed by atoms with Gasteiger partial charge in [-0.2, -0.15) is 5.26 Å². The highest BCUT2D eigenvalue weighted by Gasteiger charge is 2.12. The lowest BCUT2D eigenvalue weighted by molar-refractivity contribution is 0.642. The predicted molar refractivity (Wildman–Crippen MR) is 61.5 cm³/mol. The molecule has 0 aromatic carbocycles. The van der Waals surface area contributed by atoms with Crippen molar-refractivity contribution in [2.45, 2.75) is 5.16 Å². The molecular weight excluding hydrogens is 210 g/mol. The Morgan fingerprint density at radius 3 is 2.73 bits per heavy atom. The molecule has 0 atom stereocenters. The molecule has 1 aromatic heterocycles. The zero-order valence-corrected chi connectivity index (χ0v) is 10.0. The van der Waals surface area contributed by atoms with Crippen LogP contribution in [0.1, 0.15) is 5.69 Å². The maximum atomic E-state index is 8.89. The topological polar surface area (TPSA) is 57.2 Å². The van der Waals surface area contributed by atoms with Gasteiger partial charge in [0.05, 0.1) is 6.34 Å². The minimum atomic E-state index is 0.361. The SMILES string of the molecule is CSc1nc(C#N)c(/N=C\N(C)C)n1C. The second-order valence-electron chi connectivity index (χ2n) is 3.15. The van der Waals surface area contributed by atoms with Gasteiger partial charge in [0.1, 0.15) is 6.07 Å². The minimum absolute atomic E-state index is 0.361. The molecule has 1 aromatic rings. The summed E-state index contributed by atoms with van der Waals surface area (Å²) in [6.07, 6.45) is 3.57. The van der Waals surface area contributed by atoms with Gasteiger partial charge in [-0.05, 0) is 6.26 Å². The highest BCUT2D eigenvalue weighted by Crippen LogP contribution is 2.23. The van der Waals surface area contributed by atoms with Gasteiger partial charge in [-0.25, -0.2) is 9.98 Å². The average molecular weight is 223 g/mol. The zero-order chi connectivity index (χ0) is 11.4. The molecule has 15 heavy (non-hydrogen) atoms. The number of aromatic nitrogens is 2. The van der Waals surface area contributed by atoms with Crippen LogP contribution < -0.4 is 0 Å². The summed E-state index contributed by atoms with van der Waals surface area (Å²) in [6, 6.07) is 2.04. The Balaban J connectivity index is 3.16. The van der Waals surface area contributed by atoms with Crippen molar-refractivity contribution in [3.05, 3.63) is 5.69 Å². The fraction of sp³-hybridized carbons (Fsp3) is 0.444. The fourth-order valence-electron chi connectivity index (χ4n) is 1.05. The third kappa shape index (κ3) is 2.50. The van der Waals surface area contributed by atoms with Gasteiger partial charge in [0.25, 0.3) is 0 Å². The summed E-state index contributed by atoms with van der Waals surface area (Å²) < 4.78 is 1.81. The predicted octanol–water partition coefficient (Wildman–Crippen LogP) is 1.24. The van der Waals surface area contributed by atoms with Gasteiger partial charge in [0.2, 0.25) is 0 Å². The summed E-state index contributed by atoms with van der Waals surface area (Å²) in [6.45, 7) is 0. The molecular formula is C9H13N5S. The summed E-state index contributed by atoms with van der Waals surface area (Å²) in [5.74, 6) is 0.593. The molecule has 80 valence electrons. The van der Waals surface area contributed by atoms with Gasteiger partial charge < -0.3 is 9.47 Å². The molecule has 0 aliphatic rings. The number of imidazole rings is 1. The second-order valence-corrected chi connectivity index (χ2v) is 3.92. The van der Waals surface area contributed by atoms with E-state index in [1.807, 2.05) is 42.9 Å². The Morgan fingerprint density at radius 1 is 1.60 bits per heavy atom. The maximum Gasteiger partial charge on any atom is 0.186 e. The maximum absolute atomic E-state index is 8.89. The van der Waals surface area contributed by atoms with Gasteiger partial charge in [0, 0.05) is 21.1 Å². The third-order valence-corrected chi connectivity index (χ3v) is 2.45. The first-order valence-electron chi connectivity index (χ1n) is 4.31. The quantitative estimate of drug-likeness (QED) is 0.439. The molecule has 0 aliphatic heterocycles. The molecule has 0 unspecified atom stereocenters. The Bertz CT molecular complexity index is 413. The number of nitrogens with zero attached hydrogens (tertiary/aromatic N) is 5. The van der Waals surface area contributed by atoms with Crippen LogP contribution in [0.3, 0.4) is 0 Å². The molecule has 0 spiro atoms. The first kappa shape index (κ1) is 11.6. The number of rotatable bonds is 3. The number of hydrogen-bond donors (Lipinski definition) is 0. The Labute approximate surface area is 93.4 Å². The first-order valence-corrected chi connectivity index (χ1v) is 5.54. The van der Waals surface area contributed by atoms with Crippen molar-refractivity contribution >= 4 is 23.9 Å². The standard InChI is InChI=1S/C9H13N5S/c1-13(2)6-11-8-7(5-10)12-9(15-4)14(8)3/h6H,1-4H3/b11-6-. The molecule has 0 aliphatic carbocycles. The van der Waals surface area contributed by atoms with E-state index >= 15 is 0 Å². The second kappa shape index (κ2) is 4.84. The van der Waals surface area contributed by atoms with Crippen molar-refractivity contribution in [2.75, 3.05) is 20.4 Å². The van der Waals surface area contributed by atoms with Crippen LogP contribution in [0, 0.1) is 11.3 Å². The molecule has 0 fully saturated rings. The van der Waals surface area contributed by atoms with Crippen molar-refractivity contribution in [1.82, 2.24) is 14.5 Å². The fourth-order valence-corrected chi connectivity index (χ4v) is 1.59. The minimum Gasteiger partial charge on any atom is -0.369 e. The van der Waals surface area contributed by atoms with E-state index in [2.05, 4.69) is 9.98 Å². The van der Waals surface area contributed by atoms with Crippen LogP contribution in [0.15, 0.2) is 10.1 Å². The van der Waals surface area contributed by atoms with Gasteiger partial charge in [0.15, 0.2) is 16.7 Å². The van der Waals surface area contributed by atoms with Crippen LogP contribution >= 0.6 is 11.8 Å². The summed E-state index contributed by atoms with van der Waals surface area (Å²) in [5, 5.41) is 9.68. The van der Waals surface area contributed by atoms with Crippen LogP contribution in [0.2, 0.25) is 0 Å². The first-order chi connectivity index (χ1) is 7.10. The van der Waals surface area contributed by atoms with Crippen LogP contribution in [0.4, 0.5) is 5.82 Å². The van der Waals surface area contributed by atoms with Gasteiger partial charge in [-0.1, -0.05) is 11.8 Å². The van der Waals surface area contributed by atoms with Crippen molar-refractivity contribution < 1.29 is 0 Å². The highest BCUT2D eigenvalue weighted by molar-refractivity contribution is 7.98. The summed E-state index contributed by atoms with van der Waals surface area (Å²) >= 11 is 1.49. The van der Waals surface area contributed by atoms with Gasteiger partial charge >= 0.3 is 0 Å². The number of nitriles is 1. The van der Waals surface area contributed by atoms with E-state index in [0.717, 1.165) is 5.16 Å². The molecule has 0 saturated heterocycles. The molecule has 0 N–H and O–H groups in total. The normalized spacial score (nSPS) is 10.6. The summed E-state index contributed by atoms with van der Waals surface area (Å²) in [7, 11) is 5.60. The van der Waals surface area contributed by atoms with E-state index in [1.54, 1.807) is 6.34 Å². The van der Waals surface area contributed by atoms with E-state index < -0.39 is 0 Å². The lowest BCUT2D eigenvalue weighted by Crippen LogP contribution is -2.07. The van der Waals surface area contributed by atoms with Gasteiger partial charge in [-0.3, -0.25) is 0 Å². The molecule has 5 nitrogen and oxygen atoms in total. The van der Waals surface area contributed by atoms with Gasteiger partial charge in [-0.15, -0.1) is 0 Å². The van der Waals surface area contributed by atoms with Crippen LogP contribution in [0.5, 0.6) is 0 Å². The van der Waals surface area contributed by atoms with Crippen LogP contribution in [-0.4, -0.2) is 41.1 Å². The van der Waals surface area contributed by atoms with Crippen LogP contribution in [-0.2, 0) is 7.05 Å². The summed E-state index contributed by atoms with van der Waals surface area (Å²) in [5.41, 5.74) is 0.361. The molecule has 1 rings (SSSR count). The summed E-state index contributed by atoms with van der Waals surface area (Å²) in [4.78, 5) is 10.2. The largest absolute Gasteiger partial charge is 0.369 e. The van der Waals surface area contributed by atoms with E-state index in [0.29, 0.717) is 11.5 Å². The molecule has 0 amide bonds.